The molecule has 3 aromatic rings. The number of rotatable bonds is 8. The van der Waals surface area contributed by atoms with Crippen molar-refractivity contribution in [1.82, 2.24) is 0 Å². The van der Waals surface area contributed by atoms with E-state index in [0.717, 1.165) is 10.0 Å². The molecule has 3 aromatic carbocycles. The van der Waals surface area contributed by atoms with Crippen molar-refractivity contribution in [3.8, 4) is 11.5 Å². The van der Waals surface area contributed by atoms with Crippen LogP contribution in [0.25, 0.3) is 0 Å². The first-order valence-electron chi connectivity index (χ1n) is 9.83. The highest BCUT2D eigenvalue weighted by atomic mass is 79.9. The van der Waals surface area contributed by atoms with Crippen LogP contribution in [0.2, 0.25) is 5.02 Å². The van der Waals surface area contributed by atoms with Gasteiger partial charge in [-0.2, -0.15) is 0 Å². The topological polar surface area (TPSA) is 76.7 Å². The highest BCUT2D eigenvalue weighted by molar-refractivity contribution is 9.10. The summed E-state index contributed by atoms with van der Waals surface area (Å²) in [6, 6.07) is 19.3. The van der Waals surface area contributed by atoms with Crippen LogP contribution in [0.4, 0.5) is 11.4 Å². The van der Waals surface area contributed by atoms with Gasteiger partial charge in [0.15, 0.2) is 12.7 Å². The minimum absolute atomic E-state index is 0.128. The maximum Gasteiger partial charge on any atom is 0.265 e. The van der Waals surface area contributed by atoms with Crippen molar-refractivity contribution >= 4 is 50.7 Å². The molecule has 0 aliphatic rings. The van der Waals surface area contributed by atoms with Gasteiger partial charge in [0.05, 0.1) is 9.50 Å². The molecule has 0 radical (unpaired) electrons. The Morgan fingerprint density at radius 1 is 0.969 bits per heavy atom. The summed E-state index contributed by atoms with van der Waals surface area (Å²) in [5, 5.41) is 5.96. The summed E-state index contributed by atoms with van der Waals surface area (Å²) in [6.45, 7) is 3.48. The summed E-state index contributed by atoms with van der Waals surface area (Å²) in [5.74, 6) is 0.418. The van der Waals surface area contributed by atoms with E-state index in [9.17, 15) is 9.59 Å². The Hall–Kier alpha value is -3.03. The lowest BCUT2D eigenvalue weighted by Gasteiger charge is -2.16. The van der Waals surface area contributed by atoms with E-state index in [0.29, 0.717) is 27.9 Å². The number of carbonyl (C=O) groups is 2. The minimum atomic E-state index is -0.743. The first-order chi connectivity index (χ1) is 15.3. The van der Waals surface area contributed by atoms with E-state index in [1.807, 2.05) is 19.1 Å². The molecule has 166 valence electrons. The van der Waals surface area contributed by atoms with Gasteiger partial charge in [-0.3, -0.25) is 9.59 Å². The Kier molecular flexibility index (Phi) is 8.14. The molecule has 6 nitrogen and oxygen atoms in total. The van der Waals surface area contributed by atoms with E-state index in [-0.39, 0.29) is 18.4 Å². The summed E-state index contributed by atoms with van der Waals surface area (Å²) in [4.78, 5) is 24.6. The summed E-state index contributed by atoms with van der Waals surface area (Å²) in [6.07, 6.45) is -0.743. The number of hydrogen-bond acceptors (Lipinski definition) is 4. The average molecular weight is 518 g/mol. The Balaban J connectivity index is 1.49. The second-order valence-electron chi connectivity index (χ2n) is 7.03. The Morgan fingerprint density at radius 3 is 2.28 bits per heavy atom. The normalized spacial score (nSPS) is 11.4. The molecule has 0 aliphatic carbocycles. The fraction of sp³-hybridized carbons (Fsp3) is 0.167. The van der Waals surface area contributed by atoms with Gasteiger partial charge in [0.1, 0.15) is 11.5 Å². The van der Waals surface area contributed by atoms with Crippen LogP contribution in [0.3, 0.4) is 0 Å². The Labute approximate surface area is 200 Å². The maximum atomic E-state index is 12.4. The smallest absolute Gasteiger partial charge is 0.265 e. The number of hydrogen-bond donors (Lipinski definition) is 2. The zero-order valence-corrected chi connectivity index (χ0v) is 19.9. The third-order valence-electron chi connectivity index (χ3n) is 4.39. The van der Waals surface area contributed by atoms with E-state index in [1.54, 1.807) is 61.5 Å². The van der Waals surface area contributed by atoms with Crippen molar-refractivity contribution in [2.75, 3.05) is 17.2 Å². The highest BCUT2D eigenvalue weighted by Gasteiger charge is 2.16. The molecule has 0 spiro atoms. The van der Waals surface area contributed by atoms with Gasteiger partial charge in [-0.05, 0) is 83.9 Å². The third-order valence-corrected chi connectivity index (χ3v) is 5.32. The maximum absolute atomic E-state index is 12.4. The van der Waals surface area contributed by atoms with Crippen LogP contribution in [0.5, 0.6) is 11.5 Å². The van der Waals surface area contributed by atoms with E-state index in [2.05, 4.69) is 26.6 Å². The third kappa shape index (κ3) is 6.73. The monoisotopic (exact) mass is 516 g/mol. The summed E-state index contributed by atoms with van der Waals surface area (Å²) in [5.41, 5.74) is 2.24. The Morgan fingerprint density at radius 2 is 1.62 bits per heavy atom. The lowest BCUT2D eigenvalue weighted by molar-refractivity contribution is -0.122. The number of para-hydroxylation sites is 1. The first-order valence-corrected chi connectivity index (χ1v) is 11.0. The van der Waals surface area contributed by atoms with Crippen molar-refractivity contribution in [3.05, 3.63) is 81.8 Å². The van der Waals surface area contributed by atoms with Crippen molar-refractivity contribution in [1.29, 1.82) is 0 Å². The lowest BCUT2D eigenvalue weighted by atomic mass is 10.2. The van der Waals surface area contributed by atoms with Gasteiger partial charge < -0.3 is 20.1 Å². The number of nitrogens with one attached hydrogen (secondary N) is 2. The van der Waals surface area contributed by atoms with Crippen LogP contribution in [-0.2, 0) is 9.59 Å². The zero-order valence-electron chi connectivity index (χ0n) is 17.5. The largest absolute Gasteiger partial charge is 0.483 e. The molecule has 8 heteroatoms. The molecule has 1 atom stereocenters. The fourth-order valence-electron chi connectivity index (χ4n) is 2.73. The summed E-state index contributed by atoms with van der Waals surface area (Å²) >= 11 is 9.48. The summed E-state index contributed by atoms with van der Waals surface area (Å²) < 4.78 is 12.0. The molecule has 0 bridgehead atoms. The molecule has 0 aliphatic heterocycles. The molecule has 0 saturated carbocycles. The van der Waals surface area contributed by atoms with Gasteiger partial charge in [-0.25, -0.2) is 0 Å². The van der Waals surface area contributed by atoms with Gasteiger partial charge >= 0.3 is 0 Å². The van der Waals surface area contributed by atoms with Crippen LogP contribution >= 0.6 is 27.5 Å². The number of aryl methyl sites for hydroxylation is 1. The molecule has 0 saturated heterocycles. The number of amides is 2. The van der Waals surface area contributed by atoms with Crippen LogP contribution in [0, 0.1) is 6.92 Å². The Bertz CT molecular complexity index is 1110. The van der Waals surface area contributed by atoms with E-state index in [4.69, 9.17) is 21.1 Å². The molecule has 3 rings (SSSR count). The van der Waals surface area contributed by atoms with Crippen LogP contribution < -0.4 is 20.1 Å². The second-order valence-corrected chi connectivity index (χ2v) is 8.29. The van der Waals surface area contributed by atoms with Gasteiger partial charge in [0, 0.05) is 11.4 Å². The van der Waals surface area contributed by atoms with E-state index < -0.39 is 6.10 Å². The van der Waals surface area contributed by atoms with E-state index >= 15 is 0 Å². The van der Waals surface area contributed by atoms with E-state index in [1.165, 1.54) is 0 Å². The lowest BCUT2D eigenvalue weighted by Crippen LogP contribution is -2.30. The molecular formula is C24H22BrClN2O4. The SMILES string of the molecule is Cc1ccc(OCC(=O)Nc2ccc(NC(=O)C(C)Oc3ccccc3Cl)cc2)c(Br)c1. The molecule has 0 fully saturated rings. The van der Waals surface area contributed by atoms with Gasteiger partial charge in [0.25, 0.3) is 11.8 Å². The van der Waals surface area contributed by atoms with Crippen molar-refractivity contribution < 1.29 is 19.1 Å². The molecule has 0 aromatic heterocycles. The quantitative estimate of drug-likeness (QED) is 0.394. The van der Waals surface area contributed by atoms with Gasteiger partial charge in [-0.1, -0.05) is 29.8 Å². The molecule has 2 N–H and O–H groups in total. The predicted octanol–water partition coefficient (Wildman–Crippen LogP) is 5.83. The van der Waals surface area contributed by atoms with Crippen molar-refractivity contribution in [3.63, 3.8) is 0 Å². The summed E-state index contributed by atoms with van der Waals surface area (Å²) in [7, 11) is 0. The number of halogens is 2. The van der Waals surface area contributed by atoms with Crippen LogP contribution in [0.15, 0.2) is 71.2 Å². The molecule has 1 unspecified atom stereocenters. The number of anilines is 2. The average Bonchev–Trinajstić information content (AvgIpc) is 2.76. The molecular weight excluding hydrogens is 496 g/mol. The standard InChI is InChI=1S/C24H22BrClN2O4/c1-15-7-12-21(19(25)13-15)31-14-23(29)27-17-8-10-18(11-9-17)28-24(30)16(2)32-22-6-4-3-5-20(22)26/h3-13,16H,14H2,1-2H3,(H,27,29)(H,28,30). The molecule has 0 heterocycles. The van der Waals surface area contributed by atoms with Gasteiger partial charge in [0.2, 0.25) is 0 Å². The van der Waals surface area contributed by atoms with Crippen LogP contribution in [0.1, 0.15) is 12.5 Å². The predicted molar refractivity (Wildman–Crippen MR) is 130 cm³/mol. The second kappa shape index (κ2) is 11.0. The van der Waals surface area contributed by atoms with Gasteiger partial charge in [-0.15, -0.1) is 0 Å². The number of ether oxygens (including phenoxy) is 2. The molecule has 32 heavy (non-hydrogen) atoms. The molecule has 2 amide bonds. The highest BCUT2D eigenvalue weighted by Crippen LogP contribution is 2.26. The van der Waals surface area contributed by atoms with Crippen molar-refractivity contribution in [2.24, 2.45) is 0 Å². The zero-order chi connectivity index (χ0) is 23.1. The van der Waals surface area contributed by atoms with Crippen LogP contribution in [-0.4, -0.2) is 24.5 Å². The first kappa shape index (κ1) is 23.6. The number of benzene rings is 3. The number of carbonyl (C=O) groups excluding carboxylic acids is 2. The fourth-order valence-corrected chi connectivity index (χ4v) is 3.52. The minimum Gasteiger partial charge on any atom is -0.483 e. The van der Waals surface area contributed by atoms with Crippen molar-refractivity contribution in [2.45, 2.75) is 20.0 Å².